The maximum atomic E-state index is 12.2. The van der Waals surface area contributed by atoms with E-state index in [-0.39, 0.29) is 17.3 Å². The fourth-order valence-electron chi connectivity index (χ4n) is 2.84. The number of hydrogen-bond donors (Lipinski definition) is 0. The van der Waals surface area contributed by atoms with Crippen LogP contribution in [-0.2, 0) is 9.53 Å². The molecule has 0 aliphatic heterocycles. The van der Waals surface area contributed by atoms with Gasteiger partial charge in [0.2, 0.25) is 0 Å². The summed E-state index contributed by atoms with van der Waals surface area (Å²) in [5.74, 6) is 0.287. The molecule has 1 fully saturated rings. The molecule has 1 saturated carbocycles. The highest BCUT2D eigenvalue weighted by Crippen LogP contribution is 2.59. The van der Waals surface area contributed by atoms with Gasteiger partial charge in [-0.1, -0.05) is 42.7 Å². The summed E-state index contributed by atoms with van der Waals surface area (Å²) in [6, 6.07) is 0. The van der Waals surface area contributed by atoms with Crippen LogP contribution in [0.4, 0.5) is 0 Å². The van der Waals surface area contributed by atoms with Gasteiger partial charge in [-0.3, -0.25) is 4.79 Å². The van der Waals surface area contributed by atoms with Gasteiger partial charge < -0.3 is 4.74 Å². The molecule has 1 rings (SSSR count). The Labute approximate surface area is 136 Å². The quantitative estimate of drug-likeness (QED) is 0.461. The first-order chi connectivity index (χ1) is 10.2. The van der Waals surface area contributed by atoms with Crippen LogP contribution in [0.2, 0.25) is 0 Å². The molecular formula is C20H32O2. The van der Waals surface area contributed by atoms with Crippen molar-refractivity contribution in [2.45, 2.75) is 61.3 Å². The third kappa shape index (κ3) is 5.47. The molecule has 22 heavy (non-hydrogen) atoms. The number of carbonyl (C=O) groups excluding carboxylic acids is 1. The van der Waals surface area contributed by atoms with Gasteiger partial charge in [-0.15, -0.1) is 0 Å². The second-order valence-electron chi connectivity index (χ2n) is 7.57. The Hall–Kier alpha value is -1.31. The second-order valence-corrected chi connectivity index (χ2v) is 7.57. The van der Waals surface area contributed by atoms with Crippen LogP contribution < -0.4 is 0 Å². The molecule has 2 nitrogen and oxygen atoms in total. The van der Waals surface area contributed by atoms with Crippen LogP contribution >= 0.6 is 0 Å². The number of carbonyl (C=O) groups is 1. The number of allylic oxidation sites excluding steroid dienone is 5. The second kappa shape index (κ2) is 7.80. The van der Waals surface area contributed by atoms with Gasteiger partial charge in [0.15, 0.2) is 0 Å². The van der Waals surface area contributed by atoms with Gasteiger partial charge in [0.1, 0.15) is 6.61 Å². The molecule has 0 spiro atoms. The molecule has 0 heterocycles. The lowest BCUT2D eigenvalue weighted by atomic mass is 10.1. The van der Waals surface area contributed by atoms with Crippen LogP contribution in [0.25, 0.3) is 0 Å². The topological polar surface area (TPSA) is 26.3 Å². The Balaban J connectivity index is 2.41. The average molecular weight is 304 g/mol. The molecule has 0 aromatic heterocycles. The van der Waals surface area contributed by atoms with Gasteiger partial charge in [-0.2, -0.15) is 0 Å². The van der Waals surface area contributed by atoms with Crippen LogP contribution in [0.5, 0.6) is 0 Å². The van der Waals surface area contributed by atoms with Crippen molar-refractivity contribution < 1.29 is 9.53 Å². The molecule has 0 aromatic rings. The zero-order valence-electron chi connectivity index (χ0n) is 15.3. The Morgan fingerprint density at radius 3 is 2.23 bits per heavy atom. The monoisotopic (exact) mass is 304 g/mol. The van der Waals surface area contributed by atoms with E-state index in [9.17, 15) is 4.79 Å². The van der Waals surface area contributed by atoms with Crippen LogP contribution in [-0.4, -0.2) is 12.6 Å². The summed E-state index contributed by atoms with van der Waals surface area (Å²) in [5.41, 5.74) is 3.93. The summed E-state index contributed by atoms with van der Waals surface area (Å²) in [7, 11) is 0. The Bertz CT molecular complexity index is 484. The molecule has 0 amide bonds. The predicted molar refractivity (Wildman–Crippen MR) is 93.6 cm³/mol. The Kier molecular flexibility index (Phi) is 6.65. The van der Waals surface area contributed by atoms with E-state index in [1.165, 1.54) is 16.7 Å². The molecule has 0 saturated heterocycles. The highest BCUT2D eigenvalue weighted by molar-refractivity contribution is 5.78. The summed E-state index contributed by atoms with van der Waals surface area (Å²) in [6.07, 6.45) is 8.55. The third-order valence-corrected chi connectivity index (χ3v) is 4.43. The van der Waals surface area contributed by atoms with Gasteiger partial charge in [0.25, 0.3) is 0 Å². The van der Waals surface area contributed by atoms with E-state index >= 15 is 0 Å². The van der Waals surface area contributed by atoms with Gasteiger partial charge in [-0.05, 0) is 64.9 Å². The first-order valence-corrected chi connectivity index (χ1v) is 8.27. The fraction of sp³-hybridized carbons (Fsp3) is 0.650. The van der Waals surface area contributed by atoms with Crippen LogP contribution in [0.3, 0.4) is 0 Å². The average Bonchev–Trinajstić information content (AvgIpc) is 2.89. The molecule has 0 radical (unpaired) electrons. The standard InChI is InChI=1S/C20H32O2/c1-14(2)9-8-10-16(5)11-12-22-19(21)18-17(13-15(3)4)20(18,6)7/h9,11,13,17-18H,8,10,12H2,1-7H3/b16-11+/t17-,18-/m0/s1. The van der Waals surface area contributed by atoms with E-state index < -0.39 is 0 Å². The minimum Gasteiger partial charge on any atom is -0.461 e. The van der Waals surface area contributed by atoms with Gasteiger partial charge >= 0.3 is 5.97 Å². The summed E-state index contributed by atoms with van der Waals surface area (Å²) >= 11 is 0. The van der Waals surface area contributed by atoms with E-state index in [1.807, 2.05) is 6.08 Å². The third-order valence-electron chi connectivity index (χ3n) is 4.43. The van der Waals surface area contributed by atoms with Crippen molar-refractivity contribution in [1.29, 1.82) is 0 Å². The molecule has 2 heteroatoms. The SMILES string of the molecule is CC(C)=CCC/C(C)=C/COC(=O)[C@@H]1[C@H](C=C(C)C)C1(C)C. The first-order valence-electron chi connectivity index (χ1n) is 8.27. The van der Waals surface area contributed by atoms with Crippen LogP contribution in [0.15, 0.2) is 34.9 Å². The summed E-state index contributed by atoms with van der Waals surface area (Å²) in [5, 5.41) is 0. The van der Waals surface area contributed by atoms with Crippen molar-refractivity contribution in [3.8, 4) is 0 Å². The van der Waals surface area contributed by atoms with Gasteiger partial charge in [-0.25, -0.2) is 0 Å². The zero-order chi connectivity index (χ0) is 16.9. The Morgan fingerprint density at radius 1 is 1.05 bits per heavy atom. The lowest BCUT2D eigenvalue weighted by Crippen LogP contribution is -2.10. The van der Waals surface area contributed by atoms with E-state index in [0.717, 1.165) is 12.8 Å². The first kappa shape index (κ1) is 18.7. The normalized spacial score (nSPS) is 22.8. The highest BCUT2D eigenvalue weighted by Gasteiger charge is 2.61. The number of hydrogen-bond acceptors (Lipinski definition) is 2. The minimum atomic E-state index is -0.0548. The van der Waals surface area contributed by atoms with Crippen molar-refractivity contribution in [1.82, 2.24) is 0 Å². The van der Waals surface area contributed by atoms with Gasteiger partial charge in [0.05, 0.1) is 5.92 Å². The molecular weight excluding hydrogens is 272 g/mol. The van der Waals surface area contributed by atoms with Crippen LogP contribution in [0.1, 0.15) is 61.3 Å². The largest absolute Gasteiger partial charge is 0.461 e. The van der Waals surface area contributed by atoms with E-state index in [4.69, 9.17) is 4.74 Å². The lowest BCUT2D eigenvalue weighted by Gasteiger charge is -2.04. The molecule has 0 N–H and O–H groups in total. The van der Waals surface area contributed by atoms with E-state index in [1.54, 1.807) is 0 Å². The lowest BCUT2D eigenvalue weighted by molar-refractivity contribution is -0.144. The zero-order valence-corrected chi connectivity index (χ0v) is 15.3. The molecule has 0 aromatic carbocycles. The van der Waals surface area contributed by atoms with E-state index in [2.05, 4.69) is 60.6 Å². The maximum absolute atomic E-state index is 12.2. The molecule has 0 bridgehead atoms. The molecule has 2 atom stereocenters. The molecule has 1 aliphatic carbocycles. The van der Waals surface area contributed by atoms with Crippen LogP contribution in [0, 0.1) is 17.3 Å². The van der Waals surface area contributed by atoms with Crippen molar-refractivity contribution in [3.05, 3.63) is 34.9 Å². The summed E-state index contributed by atoms with van der Waals surface area (Å²) < 4.78 is 5.45. The maximum Gasteiger partial charge on any atom is 0.310 e. The Morgan fingerprint density at radius 2 is 1.68 bits per heavy atom. The number of ether oxygens (including phenoxy) is 1. The van der Waals surface area contributed by atoms with Crippen molar-refractivity contribution in [2.75, 3.05) is 6.61 Å². The number of rotatable bonds is 7. The highest BCUT2D eigenvalue weighted by atomic mass is 16.5. The fourth-order valence-corrected chi connectivity index (χ4v) is 2.84. The summed E-state index contributed by atoms with van der Waals surface area (Å²) in [4.78, 5) is 12.2. The van der Waals surface area contributed by atoms with Crippen molar-refractivity contribution in [3.63, 3.8) is 0 Å². The van der Waals surface area contributed by atoms with Gasteiger partial charge in [0, 0.05) is 0 Å². The molecule has 124 valence electrons. The van der Waals surface area contributed by atoms with E-state index in [0.29, 0.717) is 12.5 Å². The smallest absolute Gasteiger partial charge is 0.310 e. The van der Waals surface area contributed by atoms with Crippen molar-refractivity contribution in [2.24, 2.45) is 17.3 Å². The minimum absolute atomic E-state index is 0.0155. The molecule has 1 aliphatic rings. The molecule has 0 unspecified atom stereocenters. The number of esters is 1. The summed E-state index contributed by atoms with van der Waals surface area (Å²) in [6.45, 7) is 15.2. The predicted octanol–water partition coefficient (Wildman–Crippen LogP) is 5.46. The van der Waals surface area contributed by atoms with Crippen molar-refractivity contribution >= 4 is 5.97 Å².